The van der Waals surface area contributed by atoms with Crippen LogP contribution in [0.1, 0.15) is 42.0 Å². The number of anilines is 1. The number of thiazole rings is 2. The summed E-state index contributed by atoms with van der Waals surface area (Å²) in [6.45, 7) is 3.99. The molecule has 2 aromatic heterocycles. The number of nitrogens with two attached hydrogens (primary N) is 1. The van der Waals surface area contributed by atoms with E-state index in [9.17, 15) is 19.5 Å². The third kappa shape index (κ3) is 11.6. The van der Waals surface area contributed by atoms with Crippen molar-refractivity contribution in [1.29, 1.82) is 0 Å². The van der Waals surface area contributed by atoms with Crippen LogP contribution in [0.2, 0.25) is 0 Å². The van der Waals surface area contributed by atoms with Crippen LogP contribution >= 0.6 is 22.7 Å². The number of aliphatic hydroxyl groups is 1. The van der Waals surface area contributed by atoms with Gasteiger partial charge in [0.05, 0.1) is 34.8 Å². The number of hydrogen-bond donors (Lipinski definition) is 5. The molecule has 4 rings (SSSR count). The summed E-state index contributed by atoms with van der Waals surface area (Å²) in [6, 6.07) is 16.6. The number of alkyl carbamates (subject to hydrolysis) is 1. The van der Waals surface area contributed by atoms with Crippen LogP contribution in [0, 0.1) is 5.92 Å². The van der Waals surface area contributed by atoms with Gasteiger partial charge in [0.2, 0.25) is 5.91 Å². The maximum absolute atomic E-state index is 13.8. The molecule has 48 heavy (non-hydrogen) atoms. The summed E-state index contributed by atoms with van der Waals surface area (Å²) in [5.41, 5.74) is 9.92. The third-order valence-electron chi connectivity index (χ3n) is 7.64. The smallest absolute Gasteiger partial charge is 0.407 e. The van der Waals surface area contributed by atoms with Gasteiger partial charge in [-0.3, -0.25) is 9.78 Å². The minimum atomic E-state index is -1.06. The second-order valence-corrected chi connectivity index (χ2v) is 13.7. The van der Waals surface area contributed by atoms with Gasteiger partial charge in [-0.2, -0.15) is 0 Å². The normalized spacial score (nSPS) is 13.6. The summed E-state index contributed by atoms with van der Waals surface area (Å²) in [6.07, 6.45) is 0.841. The van der Waals surface area contributed by atoms with Crippen LogP contribution in [-0.2, 0) is 35.5 Å². The highest BCUT2D eigenvalue weighted by Crippen LogP contribution is 2.17. The minimum Gasteiger partial charge on any atom is -0.444 e. The first-order valence-corrected chi connectivity index (χ1v) is 17.4. The van der Waals surface area contributed by atoms with Gasteiger partial charge in [0.25, 0.3) is 0 Å². The van der Waals surface area contributed by atoms with Crippen molar-refractivity contribution >= 4 is 45.8 Å². The highest BCUT2D eigenvalue weighted by atomic mass is 32.1. The monoisotopic (exact) mass is 693 g/mol. The van der Waals surface area contributed by atoms with Crippen molar-refractivity contribution in [3.8, 4) is 0 Å². The van der Waals surface area contributed by atoms with E-state index in [0.717, 1.165) is 16.0 Å². The van der Waals surface area contributed by atoms with E-state index in [4.69, 9.17) is 10.5 Å². The second-order valence-electron chi connectivity index (χ2n) is 11.9. The van der Waals surface area contributed by atoms with Gasteiger partial charge in [-0.25, -0.2) is 14.6 Å². The molecule has 4 atom stereocenters. The molecule has 0 aliphatic carbocycles. The first-order chi connectivity index (χ1) is 23.1. The third-order valence-corrected chi connectivity index (χ3v) is 9.11. The Morgan fingerprint density at radius 2 is 1.62 bits per heavy atom. The molecule has 4 aromatic rings. The number of nitrogens with zero attached hydrogens (tertiary/aromatic N) is 3. The van der Waals surface area contributed by atoms with Gasteiger partial charge in [-0.1, -0.05) is 74.5 Å². The van der Waals surface area contributed by atoms with E-state index >= 15 is 0 Å². The maximum atomic E-state index is 13.8. The van der Waals surface area contributed by atoms with Crippen molar-refractivity contribution in [3.05, 3.63) is 99.4 Å². The lowest BCUT2D eigenvalue weighted by atomic mass is 9.93. The maximum Gasteiger partial charge on any atom is 0.407 e. The Bertz CT molecular complexity index is 1570. The van der Waals surface area contributed by atoms with Crippen LogP contribution in [0.25, 0.3) is 0 Å². The van der Waals surface area contributed by atoms with Crippen LogP contribution in [0.5, 0.6) is 0 Å². The zero-order chi connectivity index (χ0) is 34.5. The minimum absolute atomic E-state index is 0.0825. The highest BCUT2D eigenvalue weighted by Gasteiger charge is 2.31. The molecule has 0 aliphatic rings. The Hall–Kier alpha value is -4.53. The van der Waals surface area contributed by atoms with Crippen LogP contribution in [0.15, 0.2) is 77.8 Å². The zero-order valence-corrected chi connectivity index (χ0v) is 28.9. The summed E-state index contributed by atoms with van der Waals surface area (Å²) in [5.74, 6) is -0.686. The molecule has 14 heteroatoms. The first-order valence-electron chi connectivity index (χ1n) is 15.7. The quantitative estimate of drug-likeness (QED) is 0.115. The molecule has 12 nitrogen and oxygen atoms in total. The number of benzene rings is 2. The molecule has 2 heterocycles. The average molecular weight is 694 g/mol. The van der Waals surface area contributed by atoms with Crippen molar-refractivity contribution in [2.45, 2.75) is 70.5 Å². The molecular weight excluding hydrogens is 651 g/mol. The number of nitrogens with one attached hydrogen (secondary N) is 3. The Labute approximate surface area is 288 Å². The fraction of sp³-hybridized carbons (Fsp3) is 0.382. The molecule has 0 aliphatic heterocycles. The standard InChI is InChI=1S/C34H43N7O5S2/c1-22(2)30(40-33(44)41(3)18-26-20-47-32(35)37-26)31(43)39-28(15-24-12-8-5-9-13-24)29(42)16-25(14-23-10-6-4-7-11-23)38-34(45)46-19-27-17-36-21-48-27/h4-13,17,20-22,25,28-30,42H,14-16,18-19H2,1-3H3,(H2,35,37)(H,38,45)(H,39,43)(H,40,44). The average Bonchev–Trinajstić information content (AvgIpc) is 3.74. The second kappa shape index (κ2) is 18.1. The Balaban J connectivity index is 1.47. The summed E-state index contributed by atoms with van der Waals surface area (Å²) in [7, 11) is 1.62. The number of carbonyl (C=O) groups excluding carboxylic acids is 3. The summed E-state index contributed by atoms with van der Waals surface area (Å²) >= 11 is 2.68. The zero-order valence-electron chi connectivity index (χ0n) is 27.2. The number of ether oxygens (including phenoxy) is 1. The van der Waals surface area contributed by atoms with Gasteiger partial charge in [0.15, 0.2) is 5.13 Å². The molecule has 6 N–H and O–H groups in total. The first kappa shape index (κ1) is 36.3. The lowest BCUT2D eigenvalue weighted by Crippen LogP contribution is -2.57. The number of carbonyl (C=O) groups is 3. The van der Waals surface area contributed by atoms with Crippen LogP contribution < -0.4 is 21.7 Å². The molecule has 0 radical (unpaired) electrons. The fourth-order valence-electron chi connectivity index (χ4n) is 5.12. The van der Waals surface area contributed by atoms with Crippen molar-refractivity contribution in [2.24, 2.45) is 5.92 Å². The number of aliphatic hydroxyl groups excluding tert-OH is 1. The van der Waals surface area contributed by atoms with E-state index in [-0.39, 0.29) is 25.5 Å². The van der Waals surface area contributed by atoms with Crippen molar-refractivity contribution < 1.29 is 24.2 Å². The van der Waals surface area contributed by atoms with E-state index in [1.54, 1.807) is 24.1 Å². The van der Waals surface area contributed by atoms with Gasteiger partial charge in [-0.05, 0) is 36.3 Å². The molecular formula is C34H43N7O5S2. The number of hydrogen-bond acceptors (Lipinski definition) is 10. The Kier molecular flexibility index (Phi) is 13.7. The Morgan fingerprint density at radius 1 is 0.958 bits per heavy atom. The van der Waals surface area contributed by atoms with Crippen molar-refractivity contribution in [1.82, 2.24) is 30.8 Å². The van der Waals surface area contributed by atoms with Gasteiger partial charge in [-0.15, -0.1) is 22.7 Å². The summed E-state index contributed by atoms with van der Waals surface area (Å²) in [5, 5.41) is 22.6. The van der Waals surface area contributed by atoms with Crippen LogP contribution in [0.4, 0.5) is 14.7 Å². The van der Waals surface area contributed by atoms with Gasteiger partial charge in [0, 0.05) is 24.7 Å². The SMILES string of the molecule is CC(C)C(NC(=O)N(C)Cc1csc(N)n1)C(=O)NC(Cc1ccccc1)C(O)CC(Cc1ccccc1)NC(=O)OCc1cncs1. The number of urea groups is 1. The highest BCUT2D eigenvalue weighted by molar-refractivity contribution is 7.13. The summed E-state index contributed by atoms with van der Waals surface area (Å²) < 4.78 is 5.42. The molecule has 0 saturated heterocycles. The molecule has 0 bridgehead atoms. The largest absolute Gasteiger partial charge is 0.444 e. The molecule has 0 fully saturated rings. The van der Waals surface area contributed by atoms with E-state index in [1.165, 1.54) is 27.6 Å². The lowest BCUT2D eigenvalue weighted by Gasteiger charge is -2.31. The fourth-order valence-corrected chi connectivity index (χ4v) is 6.18. The van der Waals surface area contributed by atoms with Crippen molar-refractivity contribution in [2.75, 3.05) is 12.8 Å². The Morgan fingerprint density at radius 3 is 2.21 bits per heavy atom. The van der Waals surface area contributed by atoms with Gasteiger partial charge in [0.1, 0.15) is 12.6 Å². The van der Waals surface area contributed by atoms with Crippen LogP contribution in [-0.4, -0.2) is 69.3 Å². The molecule has 4 amide bonds. The number of nitrogen functional groups attached to an aromatic ring is 1. The van der Waals surface area contributed by atoms with Crippen LogP contribution in [0.3, 0.4) is 0 Å². The van der Waals surface area contributed by atoms with Crippen molar-refractivity contribution in [3.63, 3.8) is 0 Å². The van der Waals surface area contributed by atoms with E-state index in [2.05, 4.69) is 25.9 Å². The predicted molar refractivity (Wildman–Crippen MR) is 187 cm³/mol. The molecule has 4 unspecified atom stereocenters. The molecule has 0 spiro atoms. The number of rotatable bonds is 16. The van der Waals surface area contributed by atoms with E-state index in [1.807, 2.05) is 74.5 Å². The predicted octanol–water partition coefficient (Wildman–Crippen LogP) is 4.36. The van der Waals surface area contributed by atoms with E-state index < -0.39 is 42.3 Å². The van der Waals surface area contributed by atoms with E-state index in [0.29, 0.717) is 23.7 Å². The topological polar surface area (TPSA) is 172 Å². The molecule has 0 saturated carbocycles. The number of aromatic nitrogens is 2. The molecule has 256 valence electrons. The summed E-state index contributed by atoms with van der Waals surface area (Å²) in [4.78, 5) is 50.2. The lowest BCUT2D eigenvalue weighted by molar-refractivity contribution is -0.125. The van der Waals surface area contributed by atoms with Gasteiger partial charge < -0.3 is 36.4 Å². The number of amides is 4. The van der Waals surface area contributed by atoms with Gasteiger partial charge >= 0.3 is 12.1 Å². The molecule has 2 aromatic carbocycles.